The lowest BCUT2D eigenvalue weighted by Gasteiger charge is -2.20. The molecular formula is C26H21NO2. The van der Waals surface area contributed by atoms with Crippen LogP contribution in [-0.2, 0) is 12.8 Å². The predicted octanol–water partition coefficient (Wildman–Crippen LogP) is 5.92. The number of fused-ring (bicyclic) bond motifs is 3. The second kappa shape index (κ2) is 6.78. The lowest BCUT2D eigenvalue weighted by Crippen LogP contribution is -2.09. The van der Waals surface area contributed by atoms with Gasteiger partial charge >= 0.3 is 5.97 Å². The maximum atomic E-state index is 11.6. The van der Waals surface area contributed by atoms with Gasteiger partial charge in [-0.2, -0.15) is 0 Å². The molecule has 1 aliphatic carbocycles. The molecule has 1 heterocycles. The van der Waals surface area contributed by atoms with Gasteiger partial charge in [0.05, 0.1) is 11.3 Å². The van der Waals surface area contributed by atoms with Crippen molar-refractivity contribution in [3.63, 3.8) is 0 Å². The average molecular weight is 379 g/mol. The molecular weight excluding hydrogens is 358 g/mol. The molecule has 3 heteroatoms. The molecule has 0 atom stereocenters. The number of aromatic nitrogens is 1. The minimum Gasteiger partial charge on any atom is -0.478 e. The lowest BCUT2D eigenvalue weighted by atomic mass is 9.89. The molecule has 0 saturated carbocycles. The fourth-order valence-corrected chi connectivity index (χ4v) is 4.42. The van der Waals surface area contributed by atoms with Crippen molar-refractivity contribution in [1.82, 2.24) is 4.57 Å². The van der Waals surface area contributed by atoms with Crippen LogP contribution in [0.5, 0.6) is 0 Å². The number of carboxylic acids is 1. The molecule has 0 unspecified atom stereocenters. The Morgan fingerprint density at radius 1 is 0.828 bits per heavy atom. The maximum Gasteiger partial charge on any atom is 0.335 e. The van der Waals surface area contributed by atoms with E-state index in [1.165, 1.54) is 33.5 Å². The second-order valence-corrected chi connectivity index (χ2v) is 7.55. The summed E-state index contributed by atoms with van der Waals surface area (Å²) in [5.41, 5.74) is 9.79. The Kier molecular flexibility index (Phi) is 4.09. The summed E-state index contributed by atoms with van der Waals surface area (Å²) in [5, 5.41) is 9.50. The van der Waals surface area contributed by atoms with Crippen molar-refractivity contribution in [2.45, 2.75) is 19.8 Å². The van der Waals surface area contributed by atoms with Crippen LogP contribution in [0.3, 0.4) is 0 Å². The molecule has 29 heavy (non-hydrogen) atoms. The van der Waals surface area contributed by atoms with Gasteiger partial charge in [0.15, 0.2) is 0 Å². The highest BCUT2D eigenvalue weighted by molar-refractivity contribution is 5.89. The summed E-state index contributed by atoms with van der Waals surface area (Å²) in [6, 6.07) is 26.4. The van der Waals surface area contributed by atoms with Gasteiger partial charge < -0.3 is 9.67 Å². The number of aromatic carboxylic acids is 1. The molecule has 0 saturated heterocycles. The van der Waals surface area contributed by atoms with Gasteiger partial charge in [0.2, 0.25) is 0 Å². The molecule has 0 bridgehead atoms. The highest BCUT2D eigenvalue weighted by Gasteiger charge is 2.24. The third kappa shape index (κ3) is 2.87. The molecule has 0 radical (unpaired) electrons. The molecule has 1 aliphatic rings. The van der Waals surface area contributed by atoms with E-state index in [9.17, 15) is 9.90 Å². The van der Waals surface area contributed by atoms with Gasteiger partial charge in [-0.3, -0.25) is 0 Å². The maximum absolute atomic E-state index is 11.6. The Hall–Kier alpha value is -3.59. The zero-order valence-corrected chi connectivity index (χ0v) is 16.2. The monoisotopic (exact) mass is 379 g/mol. The Balaban J connectivity index is 1.82. The standard InChI is InChI=1S/C26H21NO2/c1-17-7-2-4-11-21(17)25-16-23-22-12-5-3-8-18(22)13-14-24(23)27(25)20-10-6-9-19(15-20)26(28)29/h2-12,15-16H,13-14H2,1H3,(H,28,29). The van der Waals surface area contributed by atoms with Gasteiger partial charge in [0.1, 0.15) is 0 Å². The van der Waals surface area contributed by atoms with Crippen molar-refractivity contribution < 1.29 is 9.90 Å². The van der Waals surface area contributed by atoms with Crippen LogP contribution in [0, 0.1) is 6.92 Å². The third-order valence-electron chi connectivity index (χ3n) is 5.81. The Morgan fingerprint density at radius 3 is 2.38 bits per heavy atom. The van der Waals surface area contributed by atoms with Crippen molar-refractivity contribution in [2.24, 2.45) is 0 Å². The first-order valence-electron chi connectivity index (χ1n) is 9.86. The molecule has 0 amide bonds. The van der Waals surface area contributed by atoms with E-state index in [1.54, 1.807) is 12.1 Å². The number of carboxylic acid groups (broad SMARTS) is 1. The molecule has 4 aromatic rings. The van der Waals surface area contributed by atoms with Gasteiger partial charge in [-0.05, 0) is 60.7 Å². The highest BCUT2D eigenvalue weighted by atomic mass is 16.4. The SMILES string of the molecule is Cc1ccccc1-c1cc2c(n1-c1cccc(C(=O)O)c1)CCc1ccccc1-2. The predicted molar refractivity (Wildman–Crippen MR) is 116 cm³/mol. The van der Waals surface area contributed by atoms with Gasteiger partial charge in [0.25, 0.3) is 0 Å². The molecule has 3 nitrogen and oxygen atoms in total. The molecule has 0 aliphatic heterocycles. The van der Waals surface area contributed by atoms with Gasteiger partial charge in [-0.15, -0.1) is 0 Å². The molecule has 142 valence electrons. The number of carbonyl (C=O) groups is 1. The highest BCUT2D eigenvalue weighted by Crippen LogP contribution is 2.41. The summed E-state index contributed by atoms with van der Waals surface area (Å²) < 4.78 is 2.25. The molecule has 0 spiro atoms. The third-order valence-corrected chi connectivity index (χ3v) is 5.81. The summed E-state index contributed by atoms with van der Waals surface area (Å²) in [7, 11) is 0. The number of benzene rings is 3. The number of rotatable bonds is 3. The lowest BCUT2D eigenvalue weighted by molar-refractivity contribution is 0.0697. The van der Waals surface area contributed by atoms with E-state index in [2.05, 4.69) is 60.0 Å². The molecule has 1 N–H and O–H groups in total. The van der Waals surface area contributed by atoms with Crippen LogP contribution in [0.15, 0.2) is 78.9 Å². The quantitative estimate of drug-likeness (QED) is 0.480. The zero-order valence-electron chi connectivity index (χ0n) is 16.2. The van der Waals surface area contributed by atoms with Crippen LogP contribution in [0.1, 0.15) is 27.2 Å². The minimum absolute atomic E-state index is 0.303. The van der Waals surface area contributed by atoms with Gasteiger partial charge in [-0.25, -0.2) is 4.79 Å². The van der Waals surface area contributed by atoms with Crippen LogP contribution in [0.2, 0.25) is 0 Å². The number of aryl methyl sites for hydroxylation is 2. The molecule has 0 fully saturated rings. The Bertz CT molecular complexity index is 1250. The average Bonchev–Trinajstić information content (AvgIpc) is 3.14. The van der Waals surface area contributed by atoms with Crippen molar-refractivity contribution in [3.8, 4) is 28.1 Å². The first kappa shape index (κ1) is 17.5. The van der Waals surface area contributed by atoms with Crippen molar-refractivity contribution in [2.75, 3.05) is 0 Å². The van der Waals surface area contributed by atoms with Gasteiger partial charge in [-0.1, -0.05) is 54.6 Å². The van der Waals surface area contributed by atoms with Crippen LogP contribution in [0.25, 0.3) is 28.1 Å². The van der Waals surface area contributed by atoms with E-state index in [-0.39, 0.29) is 0 Å². The number of nitrogens with zero attached hydrogens (tertiary/aromatic N) is 1. The van der Waals surface area contributed by atoms with Crippen LogP contribution in [0.4, 0.5) is 0 Å². The fraction of sp³-hybridized carbons (Fsp3) is 0.115. The van der Waals surface area contributed by atoms with E-state index < -0.39 is 5.97 Å². The van der Waals surface area contributed by atoms with Crippen molar-refractivity contribution in [3.05, 3.63) is 101 Å². The molecule has 3 aromatic carbocycles. The van der Waals surface area contributed by atoms with Crippen molar-refractivity contribution >= 4 is 5.97 Å². The second-order valence-electron chi connectivity index (χ2n) is 7.55. The minimum atomic E-state index is -0.907. The van der Waals surface area contributed by atoms with E-state index in [4.69, 9.17) is 0 Å². The Labute approximate surface area is 169 Å². The summed E-state index contributed by atoms with van der Waals surface area (Å²) in [6.07, 6.45) is 1.91. The molecule has 5 rings (SSSR count). The summed E-state index contributed by atoms with van der Waals surface area (Å²) in [6.45, 7) is 2.12. The molecule has 1 aromatic heterocycles. The normalized spacial score (nSPS) is 12.3. The fourth-order valence-electron chi connectivity index (χ4n) is 4.42. The zero-order chi connectivity index (χ0) is 20.0. The number of hydrogen-bond acceptors (Lipinski definition) is 1. The van der Waals surface area contributed by atoms with Crippen LogP contribution in [-0.4, -0.2) is 15.6 Å². The first-order chi connectivity index (χ1) is 14.1. The number of hydrogen-bond donors (Lipinski definition) is 1. The van der Waals surface area contributed by atoms with Crippen LogP contribution < -0.4 is 0 Å². The van der Waals surface area contributed by atoms with E-state index in [1.807, 2.05) is 18.2 Å². The summed E-state index contributed by atoms with van der Waals surface area (Å²) in [4.78, 5) is 11.6. The van der Waals surface area contributed by atoms with E-state index in [0.29, 0.717) is 5.56 Å². The van der Waals surface area contributed by atoms with Crippen molar-refractivity contribution in [1.29, 1.82) is 0 Å². The largest absolute Gasteiger partial charge is 0.478 e. The van der Waals surface area contributed by atoms with E-state index >= 15 is 0 Å². The topological polar surface area (TPSA) is 42.2 Å². The summed E-state index contributed by atoms with van der Waals surface area (Å²) in [5.74, 6) is -0.907. The van der Waals surface area contributed by atoms with Gasteiger partial charge in [0, 0.05) is 22.5 Å². The summed E-state index contributed by atoms with van der Waals surface area (Å²) >= 11 is 0. The Morgan fingerprint density at radius 2 is 1.59 bits per heavy atom. The smallest absolute Gasteiger partial charge is 0.335 e. The first-order valence-corrected chi connectivity index (χ1v) is 9.86. The van der Waals surface area contributed by atoms with Crippen LogP contribution >= 0.6 is 0 Å². The van der Waals surface area contributed by atoms with E-state index in [0.717, 1.165) is 24.2 Å².